The first-order valence-corrected chi connectivity index (χ1v) is 10.3. The van der Waals surface area contributed by atoms with Crippen molar-refractivity contribution in [1.82, 2.24) is 0 Å². The molecule has 0 aliphatic carbocycles. The standard InChI is InChI=1S/C23H20ClN3O5/c24-17-3-10-22(26-11-13-31-14-12-26)21(15-17)25-23(28)16-1-6-19(7-2-16)32-20-8-4-18(5-9-20)27(29)30/h1-10,15H,11-14H2,(H,25,28). The van der Waals surface area contributed by atoms with Crippen molar-refractivity contribution in [2.24, 2.45) is 0 Å². The summed E-state index contributed by atoms with van der Waals surface area (Å²) in [7, 11) is 0. The van der Waals surface area contributed by atoms with Gasteiger partial charge in [-0.1, -0.05) is 11.6 Å². The zero-order valence-electron chi connectivity index (χ0n) is 17.0. The molecular weight excluding hydrogens is 434 g/mol. The number of non-ortho nitro benzene ring substituents is 1. The van der Waals surface area contributed by atoms with E-state index in [1.54, 1.807) is 36.4 Å². The SMILES string of the molecule is O=C(Nc1cc(Cl)ccc1N1CCOCC1)c1ccc(Oc2ccc([N+](=O)[O-])cc2)cc1. The van der Waals surface area contributed by atoms with Crippen LogP contribution in [-0.4, -0.2) is 37.1 Å². The maximum atomic E-state index is 12.8. The number of hydrogen-bond donors (Lipinski definition) is 1. The number of morpholine rings is 1. The highest BCUT2D eigenvalue weighted by molar-refractivity contribution is 6.31. The molecule has 0 saturated carbocycles. The Hall–Kier alpha value is -3.62. The van der Waals surface area contributed by atoms with Crippen molar-refractivity contribution >= 4 is 34.6 Å². The van der Waals surface area contributed by atoms with E-state index in [-0.39, 0.29) is 11.6 Å². The molecular formula is C23H20ClN3O5. The number of rotatable bonds is 6. The lowest BCUT2D eigenvalue weighted by atomic mass is 10.1. The van der Waals surface area contributed by atoms with Gasteiger partial charge in [0.05, 0.1) is 29.5 Å². The van der Waals surface area contributed by atoms with Crippen molar-refractivity contribution in [3.05, 3.63) is 87.4 Å². The maximum absolute atomic E-state index is 12.8. The Labute approximate surface area is 189 Å². The molecule has 1 amide bonds. The highest BCUT2D eigenvalue weighted by Gasteiger charge is 2.17. The Bertz CT molecular complexity index is 1110. The molecule has 32 heavy (non-hydrogen) atoms. The van der Waals surface area contributed by atoms with Crippen LogP contribution >= 0.6 is 11.6 Å². The third-order valence-corrected chi connectivity index (χ3v) is 5.19. The van der Waals surface area contributed by atoms with Gasteiger partial charge in [0, 0.05) is 35.8 Å². The minimum absolute atomic E-state index is 0.0122. The van der Waals surface area contributed by atoms with Crippen LogP contribution in [0.5, 0.6) is 11.5 Å². The highest BCUT2D eigenvalue weighted by Crippen LogP contribution is 2.31. The minimum atomic E-state index is -0.471. The summed E-state index contributed by atoms with van der Waals surface area (Å²) < 4.78 is 11.1. The van der Waals surface area contributed by atoms with E-state index in [9.17, 15) is 14.9 Å². The molecule has 0 aromatic heterocycles. The molecule has 1 heterocycles. The molecule has 1 aliphatic heterocycles. The summed E-state index contributed by atoms with van der Waals surface area (Å²) in [5.41, 5.74) is 1.97. The van der Waals surface area contributed by atoms with Gasteiger partial charge >= 0.3 is 0 Å². The number of nitro groups is 1. The smallest absolute Gasteiger partial charge is 0.269 e. The molecule has 0 spiro atoms. The van der Waals surface area contributed by atoms with Crippen LogP contribution in [0.15, 0.2) is 66.7 Å². The summed E-state index contributed by atoms with van der Waals surface area (Å²) in [5, 5.41) is 14.2. The fourth-order valence-corrected chi connectivity index (χ4v) is 3.50. The van der Waals surface area contributed by atoms with Gasteiger partial charge < -0.3 is 19.7 Å². The molecule has 3 aromatic rings. The number of halogens is 1. The van der Waals surface area contributed by atoms with Crippen molar-refractivity contribution < 1.29 is 19.2 Å². The van der Waals surface area contributed by atoms with Crippen molar-refractivity contribution in [2.75, 3.05) is 36.5 Å². The van der Waals surface area contributed by atoms with E-state index in [0.717, 1.165) is 18.8 Å². The van der Waals surface area contributed by atoms with Gasteiger partial charge in [0.1, 0.15) is 11.5 Å². The number of nitrogens with one attached hydrogen (secondary N) is 1. The number of amides is 1. The zero-order chi connectivity index (χ0) is 22.5. The van der Waals surface area contributed by atoms with Gasteiger partial charge in [0.2, 0.25) is 0 Å². The Morgan fingerprint density at radius 1 is 1.00 bits per heavy atom. The average Bonchev–Trinajstić information content (AvgIpc) is 2.80. The summed E-state index contributed by atoms with van der Waals surface area (Å²) in [5.74, 6) is 0.692. The number of anilines is 2. The monoisotopic (exact) mass is 453 g/mol. The molecule has 1 saturated heterocycles. The van der Waals surface area contributed by atoms with Gasteiger partial charge in [-0.3, -0.25) is 14.9 Å². The molecule has 1 aliphatic rings. The predicted octanol–water partition coefficient (Wildman–Crippen LogP) is 5.13. The quantitative estimate of drug-likeness (QED) is 0.410. The van der Waals surface area contributed by atoms with Crippen molar-refractivity contribution in [3.8, 4) is 11.5 Å². The number of nitro benzene ring substituents is 1. The molecule has 8 nitrogen and oxygen atoms in total. The summed E-state index contributed by atoms with van der Waals surface area (Å²) in [6, 6.07) is 17.8. The third-order valence-electron chi connectivity index (χ3n) is 4.96. The molecule has 0 atom stereocenters. The number of ether oxygens (including phenoxy) is 2. The van der Waals surface area contributed by atoms with E-state index >= 15 is 0 Å². The Balaban J connectivity index is 1.45. The Morgan fingerprint density at radius 2 is 1.62 bits per heavy atom. The predicted molar refractivity (Wildman–Crippen MR) is 122 cm³/mol. The third kappa shape index (κ3) is 5.16. The van der Waals surface area contributed by atoms with Gasteiger partial charge in [-0.15, -0.1) is 0 Å². The van der Waals surface area contributed by atoms with Gasteiger partial charge in [0.15, 0.2) is 0 Å². The van der Waals surface area contributed by atoms with Gasteiger partial charge in [-0.05, 0) is 54.6 Å². The fourth-order valence-electron chi connectivity index (χ4n) is 3.33. The fraction of sp³-hybridized carbons (Fsp3) is 0.174. The maximum Gasteiger partial charge on any atom is 0.269 e. The minimum Gasteiger partial charge on any atom is -0.457 e. The first-order valence-electron chi connectivity index (χ1n) is 9.95. The zero-order valence-corrected chi connectivity index (χ0v) is 17.7. The number of hydrogen-bond acceptors (Lipinski definition) is 6. The van der Waals surface area contributed by atoms with E-state index < -0.39 is 4.92 Å². The van der Waals surface area contributed by atoms with Crippen molar-refractivity contribution in [3.63, 3.8) is 0 Å². The van der Waals surface area contributed by atoms with Gasteiger partial charge in [0.25, 0.3) is 11.6 Å². The van der Waals surface area contributed by atoms with E-state index in [0.29, 0.717) is 41.0 Å². The van der Waals surface area contributed by atoms with Crippen LogP contribution in [-0.2, 0) is 4.74 Å². The number of carbonyl (C=O) groups is 1. The van der Waals surface area contributed by atoms with E-state index in [1.165, 1.54) is 24.3 Å². The highest BCUT2D eigenvalue weighted by atomic mass is 35.5. The Kier molecular flexibility index (Phi) is 6.53. The molecule has 4 rings (SSSR count). The van der Waals surface area contributed by atoms with Crippen LogP contribution in [0, 0.1) is 10.1 Å². The van der Waals surface area contributed by atoms with Crippen LogP contribution in [0.2, 0.25) is 5.02 Å². The molecule has 3 aromatic carbocycles. The largest absolute Gasteiger partial charge is 0.457 e. The van der Waals surface area contributed by atoms with E-state index in [1.807, 2.05) is 6.07 Å². The van der Waals surface area contributed by atoms with E-state index in [4.69, 9.17) is 21.1 Å². The Morgan fingerprint density at radius 3 is 2.25 bits per heavy atom. The normalized spacial score (nSPS) is 13.5. The molecule has 0 radical (unpaired) electrons. The topological polar surface area (TPSA) is 93.9 Å². The number of benzene rings is 3. The first kappa shape index (κ1) is 21.6. The number of carbonyl (C=O) groups excluding carboxylic acids is 1. The summed E-state index contributed by atoms with van der Waals surface area (Å²) in [4.78, 5) is 25.3. The second-order valence-corrected chi connectivity index (χ2v) is 7.53. The van der Waals surface area contributed by atoms with E-state index in [2.05, 4.69) is 10.2 Å². The average molecular weight is 454 g/mol. The summed E-state index contributed by atoms with van der Waals surface area (Å²) in [6.07, 6.45) is 0. The molecule has 164 valence electrons. The molecule has 1 fully saturated rings. The van der Waals surface area contributed by atoms with Crippen molar-refractivity contribution in [1.29, 1.82) is 0 Å². The molecule has 0 bridgehead atoms. The van der Waals surface area contributed by atoms with Crippen LogP contribution < -0.4 is 15.0 Å². The second kappa shape index (κ2) is 9.67. The van der Waals surface area contributed by atoms with Crippen LogP contribution in [0.1, 0.15) is 10.4 Å². The van der Waals surface area contributed by atoms with Gasteiger partial charge in [-0.2, -0.15) is 0 Å². The lowest BCUT2D eigenvalue weighted by Gasteiger charge is -2.30. The number of nitrogens with zero attached hydrogens (tertiary/aromatic N) is 2. The molecule has 0 unspecified atom stereocenters. The lowest BCUT2D eigenvalue weighted by molar-refractivity contribution is -0.384. The van der Waals surface area contributed by atoms with Crippen LogP contribution in [0.3, 0.4) is 0 Å². The van der Waals surface area contributed by atoms with Crippen molar-refractivity contribution in [2.45, 2.75) is 0 Å². The molecule has 9 heteroatoms. The summed E-state index contributed by atoms with van der Waals surface area (Å²) >= 11 is 6.16. The van der Waals surface area contributed by atoms with Gasteiger partial charge in [-0.25, -0.2) is 0 Å². The van der Waals surface area contributed by atoms with Crippen LogP contribution in [0.25, 0.3) is 0 Å². The lowest BCUT2D eigenvalue weighted by Crippen LogP contribution is -2.36. The summed E-state index contributed by atoms with van der Waals surface area (Å²) in [6.45, 7) is 2.73. The first-order chi connectivity index (χ1) is 15.5. The van der Waals surface area contributed by atoms with Crippen LogP contribution in [0.4, 0.5) is 17.1 Å². The molecule has 1 N–H and O–H groups in total. The second-order valence-electron chi connectivity index (χ2n) is 7.09.